The first-order valence-electron chi connectivity index (χ1n) is 6.74. The van der Waals surface area contributed by atoms with Crippen LogP contribution in [-0.4, -0.2) is 54.0 Å². The molecule has 0 bridgehead atoms. The zero-order valence-electron chi connectivity index (χ0n) is 11.7. The van der Waals surface area contributed by atoms with Crippen molar-refractivity contribution in [3.8, 4) is 0 Å². The van der Waals surface area contributed by atoms with Crippen LogP contribution >= 0.6 is 15.9 Å². The highest BCUT2D eigenvalue weighted by Crippen LogP contribution is 2.20. The fourth-order valence-electron chi connectivity index (χ4n) is 2.47. The lowest BCUT2D eigenvalue weighted by molar-refractivity contribution is 0.207. The Kier molecular flexibility index (Phi) is 5.16. The molecular formula is C11H20BrN5O2S. The molecule has 1 aromatic rings. The molecule has 0 saturated carbocycles. The molecule has 1 fully saturated rings. The average Bonchev–Trinajstić information content (AvgIpc) is 2.72. The van der Waals surface area contributed by atoms with Crippen molar-refractivity contribution < 1.29 is 8.42 Å². The van der Waals surface area contributed by atoms with Crippen LogP contribution in [0.5, 0.6) is 0 Å². The summed E-state index contributed by atoms with van der Waals surface area (Å²) in [5.41, 5.74) is 0. The summed E-state index contributed by atoms with van der Waals surface area (Å²) in [5.74, 6) is 0. The highest BCUT2D eigenvalue weighted by Gasteiger charge is 2.28. The third-order valence-corrected chi connectivity index (χ3v) is 5.85. The molecule has 1 N–H and O–H groups in total. The Labute approximate surface area is 127 Å². The second-order valence-corrected chi connectivity index (χ2v) is 7.43. The van der Waals surface area contributed by atoms with Gasteiger partial charge in [0.15, 0.2) is 4.60 Å². The van der Waals surface area contributed by atoms with E-state index in [1.54, 1.807) is 7.05 Å². The Morgan fingerprint density at radius 1 is 1.40 bits per heavy atom. The number of hydrogen-bond donors (Lipinski definition) is 1. The van der Waals surface area contributed by atoms with Crippen LogP contribution in [0.25, 0.3) is 0 Å². The normalized spacial score (nSPS) is 18.6. The summed E-state index contributed by atoms with van der Waals surface area (Å²) in [4.78, 5) is 2.37. The molecule has 0 spiro atoms. The Morgan fingerprint density at radius 3 is 2.55 bits per heavy atom. The zero-order chi connectivity index (χ0) is 14.8. The zero-order valence-corrected chi connectivity index (χ0v) is 14.1. The standard InChI is InChI=1S/C11H20BrN5O2S/c1-3-6-17-7-4-9(5-8-17)14-20(18,19)11-10(12)13-15-16(11)2/h9,14H,3-8H2,1-2H3. The van der Waals surface area contributed by atoms with Crippen molar-refractivity contribution in [2.45, 2.75) is 37.3 Å². The van der Waals surface area contributed by atoms with E-state index in [1.165, 1.54) is 4.68 Å². The number of aryl methyl sites for hydroxylation is 1. The average molecular weight is 366 g/mol. The van der Waals surface area contributed by atoms with Gasteiger partial charge in [0.25, 0.3) is 10.0 Å². The molecule has 0 aliphatic carbocycles. The maximum atomic E-state index is 12.4. The predicted molar refractivity (Wildman–Crippen MR) is 78.8 cm³/mol. The molecule has 0 amide bonds. The second-order valence-electron chi connectivity index (χ2n) is 5.05. The molecule has 1 aromatic heterocycles. The van der Waals surface area contributed by atoms with Crippen molar-refractivity contribution in [1.82, 2.24) is 24.6 Å². The lowest BCUT2D eigenvalue weighted by atomic mass is 10.1. The molecular weight excluding hydrogens is 346 g/mol. The van der Waals surface area contributed by atoms with Crippen LogP contribution < -0.4 is 4.72 Å². The summed E-state index contributed by atoms with van der Waals surface area (Å²) in [5, 5.41) is 7.50. The Hall–Kier alpha value is -0.510. The van der Waals surface area contributed by atoms with Gasteiger partial charge in [0, 0.05) is 13.1 Å². The molecule has 0 aromatic carbocycles. The van der Waals surface area contributed by atoms with E-state index in [0.717, 1.165) is 38.9 Å². The minimum Gasteiger partial charge on any atom is -0.303 e. The van der Waals surface area contributed by atoms with Gasteiger partial charge in [-0.25, -0.2) is 17.8 Å². The van der Waals surface area contributed by atoms with E-state index in [4.69, 9.17) is 0 Å². The first-order valence-corrected chi connectivity index (χ1v) is 9.01. The number of nitrogens with one attached hydrogen (secondary N) is 1. The molecule has 7 nitrogen and oxygen atoms in total. The lowest BCUT2D eigenvalue weighted by Crippen LogP contribution is -2.45. The summed E-state index contributed by atoms with van der Waals surface area (Å²) in [7, 11) is -2.02. The summed E-state index contributed by atoms with van der Waals surface area (Å²) in [6, 6.07) is -0.0186. The fraction of sp³-hybridized carbons (Fsp3) is 0.818. The topological polar surface area (TPSA) is 80.1 Å². The Balaban J connectivity index is 2.00. The third-order valence-electron chi connectivity index (χ3n) is 3.44. The van der Waals surface area contributed by atoms with Gasteiger partial charge in [0.05, 0.1) is 0 Å². The first-order chi connectivity index (χ1) is 9.44. The van der Waals surface area contributed by atoms with Gasteiger partial charge in [-0.2, -0.15) is 0 Å². The van der Waals surface area contributed by atoms with Crippen LogP contribution in [0.3, 0.4) is 0 Å². The van der Waals surface area contributed by atoms with Gasteiger partial charge in [-0.05, 0) is 54.8 Å². The van der Waals surface area contributed by atoms with E-state index in [0.29, 0.717) is 0 Å². The summed E-state index contributed by atoms with van der Waals surface area (Å²) in [6.45, 7) is 5.11. The van der Waals surface area contributed by atoms with E-state index in [2.05, 4.69) is 42.8 Å². The molecule has 20 heavy (non-hydrogen) atoms. The van der Waals surface area contributed by atoms with E-state index in [-0.39, 0.29) is 15.7 Å². The molecule has 0 radical (unpaired) electrons. The minimum atomic E-state index is -3.59. The van der Waals surface area contributed by atoms with Crippen molar-refractivity contribution in [1.29, 1.82) is 0 Å². The van der Waals surface area contributed by atoms with Gasteiger partial charge in [-0.15, -0.1) is 5.10 Å². The van der Waals surface area contributed by atoms with Crippen LogP contribution in [-0.2, 0) is 17.1 Å². The van der Waals surface area contributed by atoms with Crippen LogP contribution in [0.2, 0.25) is 0 Å². The number of rotatable bonds is 5. The smallest absolute Gasteiger partial charge is 0.260 e. The molecule has 1 saturated heterocycles. The minimum absolute atomic E-state index is 0.0186. The molecule has 114 valence electrons. The van der Waals surface area contributed by atoms with E-state index >= 15 is 0 Å². The van der Waals surface area contributed by atoms with Crippen LogP contribution in [0.4, 0.5) is 0 Å². The van der Waals surface area contributed by atoms with Gasteiger partial charge in [0.2, 0.25) is 5.03 Å². The van der Waals surface area contributed by atoms with Gasteiger partial charge in [0.1, 0.15) is 0 Å². The number of nitrogens with zero attached hydrogens (tertiary/aromatic N) is 4. The predicted octanol–water partition coefficient (Wildman–Crippen LogP) is 0.730. The first kappa shape index (κ1) is 15.9. The number of hydrogen-bond acceptors (Lipinski definition) is 5. The van der Waals surface area contributed by atoms with E-state index in [1.807, 2.05) is 0 Å². The monoisotopic (exact) mass is 365 g/mol. The quantitative estimate of drug-likeness (QED) is 0.831. The highest BCUT2D eigenvalue weighted by molar-refractivity contribution is 9.10. The van der Waals surface area contributed by atoms with Crippen molar-refractivity contribution in [3.05, 3.63) is 4.60 Å². The molecule has 0 atom stereocenters. The Morgan fingerprint density at radius 2 is 2.05 bits per heavy atom. The van der Waals surface area contributed by atoms with Gasteiger partial charge in [-0.1, -0.05) is 12.1 Å². The summed E-state index contributed by atoms with van der Waals surface area (Å²) >= 11 is 3.13. The van der Waals surface area contributed by atoms with Gasteiger partial charge < -0.3 is 4.90 Å². The molecule has 1 aliphatic heterocycles. The summed E-state index contributed by atoms with van der Waals surface area (Å²) in [6.07, 6.45) is 2.80. The largest absolute Gasteiger partial charge is 0.303 e. The number of sulfonamides is 1. The number of halogens is 1. The SMILES string of the molecule is CCCN1CCC(NS(=O)(=O)c2c(Br)nnn2C)CC1. The maximum absolute atomic E-state index is 12.4. The van der Waals surface area contributed by atoms with E-state index in [9.17, 15) is 8.42 Å². The van der Waals surface area contributed by atoms with Crippen molar-refractivity contribution >= 4 is 26.0 Å². The second kappa shape index (κ2) is 6.50. The lowest BCUT2D eigenvalue weighted by Gasteiger charge is -2.31. The maximum Gasteiger partial charge on any atom is 0.260 e. The Bertz CT molecular complexity index is 532. The van der Waals surface area contributed by atoms with Gasteiger partial charge >= 0.3 is 0 Å². The fourth-order valence-corrected chi connectivity index (χ4v) is 4.87. The summed E-state index contributed by atoms with van der Waals surface area (Å²) < 4.78 is 29.0. The molecule has 2 rings (SSSR count). The number of piperidine rings is 1. The molecule has 1 aliphatic rings. The van der Waals surface area contributed by atoms with Crippen molar-refractivity contribution in [2.75, 3.05) is 19.6 Å². The molecule has 0 unspecified atom stereocenters. The third kappa shape index (κ3) is 3.57. The van der Waals surface area contributed by atoms with Crippen LogP contribution in [0, 0.1) is 0 Å². The van der Waals surface area contributed by atoms with Gasteiger partial charge in [-0.3, -0.25) is 0 Å². The number of aromatic nitrogens is 3. The van der Waals surface area contributed by atoms with Crippen LogP contribution in [0.1, 0.15) is 26.2 Å². The van der Waals surface area contributed by atoms with Crippen LogP contribution in [0.15, 0.2) is 9.63 Å². The van der Waals surface area contributed by atoms with Crippen molar-refractivity contribution in [2.24, 2.45) is 7.05 Å². The highest BCUT2D eigenvalue weighted by atomic mass is 79.9. The van der Waals surface area contributed by atoms with Crippen molar-refractivity contribution in [3.63, 3.8) is 0 Å². The number of likely N-dealkylation sites (tertiary alicyclic amines) is 1. The molecule has 2 heterocycles. The molecule has 9 heteroatoms. The van der Waals surface area contributed by atoms with E-state index < -0.39 is 10.0 Å².